The third-order valence-corrected chi connectivity index (χ3v) is 3.67. The zero-order valence-electron chi connectivity index (χ0n) is 8.04. The lowest BCUT2D eigenvalue weighted by Gasteiger charge is -2.00. The first-order valence-electron chi connectivity index (χ1n) is 4.30. The predicted molar refractivity (Wildman–Crippen MR) is 65.4 cm³/mol. The van der Waals surface area contributed by atoms with Crippen molar-refractivity contribution < 1.29 is 0 Å². The van der Waals surface area contributed by atoms with E-state index in [1.54, 1.807) is 0 Å². The lowest BCUT2D eigenvalue weighted by Crippen LogP contribution is -1.73. The summed E-state index contributed by atoms with van der Waals surface area (Å²) in [6.07, 6.45) is 3.94. The number of hydrogen-bond donors (Lipinski definition) is 0. The van der Waals surface area contributed by atoms with Crippen LogP contribution in [0.15, 0.2) is 30.9 Å². The van der Waals surface area contributed by atoms with Gasteiger partial charge in [0, 0.05) is 14.7 Å². The Hall–Kier alpha value is -0.470. The van der Waals surface area contributed by atoms with E-state index in [1.807, 2.05) is 29.2 Å². The summed E-state index contributed by atoms with van der Waals surface area (Å²) in [5.41, 5.74) is 0. The van der Waals surface area contributed by atoms with Gasteiger partial charge in [-0.15, -0.1) is 23.1 Å². The smallest absolute Gasteiger partial charge is 0.0409 e. The van der Waals surface area contributed by atoms with Crippen LogP contribution in [0.25, 0.3) is 4.91 Å². The summed E-state index contributed by atoms with van der Waals surface area (Å²) in [7, 11) is 0. The van der Waals surface area contributed by atoms with Gasteiger partial charge in [0.05, 0.1) is 0 Å². The van der Waals surface area contributed by atoms with Crippen LogP contribution in [-0.4, -0.2) is 5.75 Å². The minimum Gasteiger partial charge on any atom is -0.140 e. The molecule has 1 heterocycles. The maximum atomic E-state index is 3.73. The lowest BCUT2D eigenvalue weighted by molar-refractivity contribution is 1.54. The second kappa shape index (κ2) is 5.30. The zero-order chi connectivity index (χ0) is 9.68. The monoisotopic (exact) mass is 210 g/mol. The average Bonchev–Trinajstić information content (AvgIpc) is 2.51. The second-order valence-corrected chi connectivity index (χ2v) is 5.20. The van der Waals surface area contributed by atoms with Crippen molar-refractivity contribution in [2.75, 3.05) is 5.75 Å². The number of thiophene rings is 1. The molecule has 0 aliphatic rings. The fourth-order valence-corrected chi connectivity index (χ4v) is 2.83. The molecule has 13 heavy (non-hydrogen) atoms. The molecule has 1 aromatic heterocycles. The Morgan fingerprint density at radius 3 is 2.85 bits per heavy atom. The average molecular weight is 210 g/mol. The number of hydrogen-bond acceptors (Lipinski definition) is 2. The van der Waals surface area contributed by atoms with Gasteiger partial charge in [-0.2, -0.15) is 0 Å². The molecule has 70 valence electrons. The third kappa shape index (κ3) is 3.05. The predicted octanol–water partition coefficient (Wildman–Crippen LogP) is 4.34. The Morgan fingerprint density at radius 1 is 1.62 bits per heavy atom. The molecule has 0 saturated carbocycles. The highest BCUT2D eigenvalue weighted by Gasteiger charge is 2.02. The maximum Gasteiger partial charge on any atom is 0.0409 e. The first-order valence-corrected chi connectivity index (χ1v) is 6.10. The Labute approximate surface area is 88.4 Å². The Morgan fingerprint density at radius 2 is 2.38 bits per heavy atom. The van der Waals surface area contributed by atoms with E-state index in [0.29, 0.717) is 0 Å². The van der Waals surface area contributed by atoms with E-state index in [1.165, 1.54) is 14.7 Å². The van der Waals surface area contributed by atoms with E-state index in [0.717, 1.165) is 5.75 Å². The van der Waals surface area contributed by atoms with Crippen LogP contribution in [-0.2, 0) is 0 Å². The fraction of sp³-hybridized carbons (Fsp3) is 0.273. The van der Waals surface area contributed by atoms with E-state index >= 15 is 0 Å². The van der Waals surface area contributed by atoms with Gasteiger partial charge in [0.25, 0.3) is 0 Å². The van der Waals surface area contributed by atoms with Crippen molar-refractivity contribution in [2.45, 2.75) is 13.8 Å². The van der Waals surface area contributed by atoms with Crippen molar-refractivity contribution in [1.82, 2.24) is 0 Å². The van der Waals surface area contributed by atoms with Crippen LogP contribution in [0, 0.1) is 6.92 Å². The zero-order valence-corrected chi connectivity index (χ0v) is 9.67. The number of aryl methyl sites for hydroxylation is 1. The summed E-state index contributed by atoms with van der Waals surface area (Å²) in [6.45, 7) is 8.03. The summed E-state index contributed by atoms with van der Waals surface area (Å²) in [4.78, 5) is 4.04. The Bertz CT molecular complexity index is 308. The molecule has 0 nitrogen and oxygen atoms in total. The van der Waals surface area contributed by atoms with Crippen LogP contribution in [0.3, 0.4) is 0 Å². The van der Waals surface area contributed by atoms with Crippen molar-refractivity contribution in [3.05, 3.63) is 40.6 Å². The van der Waals surface area contributed by atoms with E-state index in [9.17, 15) is 0 Å². The highest BCUT2D eigenvalue weighted by molar-refractivity contribution is 8.08. The molecular weight excluding hydrogens is 196 g/mol. The first kappa shape index (κ1) is 10.6. The van der Waals surface area contributed by atoms with Crippen LogP contribution >= 0.6 is 23.1 Å². The van der Waals surface area contributed by atoms with Crippen molar-refractivity contribution in [3.8, 4) is 0 Å². The molecule has 2 heteroatoms. The summed E-state index contributed by atoms with van der Waals surface area (Å²) in [5.74, 6) is 1.11. The first-order chi connectivity index (χ1) is 6.27. The highest BCUT2D eigenvalue weighted by atomic mass is 32.2. The summed E-state index contributed by atoms with van der Waals surface area (Å²) in [6, 6.07) is 4.34. The Kier molecular flexibility index (Phi) is 4.33. The molecule has 0 unspecified atom stereocenters. The van der Waals surface area contributed by atoms with Crippen LogP contribution in [0.4, 0.5) is 0 Å². The van der Waals surface area contributed by atoms with E-state index < -0.39 is 0 Å². The standard InChI is InChI=1S/C11H14S2/c1-4-6-10(12-5-2)11-8-7-9(3)13-11/h4,6-8H,1,5H2,2-3H3. The van der Waals surface area contributed by atoms with Gasteiger partial charge in [0.15, 0.2) is 0 Å². The van der Waals surface area contributed by atoms with Gasteiger partial charge in [-0.25, -0.2) is 0 Å². The van der Waals surface area contributed by atoms with Crippen molar-refractivity contribution >= 4 is 28.0 Å². The number of thioether (sulfide) groups is 1. The summed E-state index contributed by atoms with van der Waals surface area (Å²) < 4.78 is 0. The van der Waals surface area contributed by atoms with Crippen LogP contribution in [0.1, 0.15) is 16.7 Å². The SMILES string of the molecule is C=CC=C(SCC)c1ccc(C)s1. The summed E-state index contributed by atoms with van der Waals surface area (Å²) >= 11 is 3.71. The van der Waals surface area contributed by atoms with E-state index in [-0.39, 0.29) is 0 Å². The van der Waals surface area contributed by atoms with Gasteiger partial charge in [-0.05, 0) is 30.9 Å². The lowest BCUT2D eigenvalue weighted by atomic mass is 10.4. The minimum atomic E-state index is 1.11. The number of rotatable bonds is 4. The van der Waals surface area contributed by atoms with Gasteiger partial charge in [0.2, 0.25) is 0 Å². The van der Waals surface area contributed by atoms with Crippen molar-refractivity contribution in [3.63, 3.8) is 0 Å². The molecule has 1 aromatic rings. The molecular formula is C11H14S2. The summed E-state index contributed by atoms with van der Waals surface area (Å²) in [5, 5.41) is 0. The van der Waals surface area contributed by atoms with E-state index in [2.05, 4.69) is 38.6 Å². The van der Waals surface area contributed by atoms with E-state index in [4.69, 9.17) is 0 Å². The van der Waals surface area contributed by atoms with Crippen LogP contribution < -0.4 is 0 Å². The maximum absolute atomic E-state index is 3.73. The molecule has 0 aliphatic heterocycles. The molecule has 0 aromatic carbocycles. The molecule has 0 radical (unpaired) electrons. The largest absolute Gasteiger partial charge is 0.140 e. The molecule has 0 amide bonds. The topological polar surface area (TPSA) is 0 Å². The highest BCUT2D eigenvalue weighted by Crippen LogP contribution is 2.32. The molecule has 1 rings (SSSR count). The normalized spacial score (nSPS) is 11.7. The fourth-order valence-electron chi connectivity index (χ4n) is 1.03. The number of allylic oxidation sites excluding steroid dienone is 2. The van der Waals surface area contributed by atoms with Gasteiger partial charge < -0.3 is 0 Å². The van der Waals surface area contributed by atoms with Gasteiger partial charge >= 0.3 is 0 Å². The molecule has 0 bridgehead atoms. The van der Waals surface area contributed by atoms with Gasteiger partial charge in [-0.1, -0.05) is 19.6 Å². The van der Waals surface area contributed by atoms with Crippen LogP contribution in [0.5, 0.6) is 0 Å². The molecule has 0 saturated heterocycles. The minimum absolute atomic E-state index is 1.11. The molecule has 0 N–H and O–H groups in total. The molecule has 0 fully saturated rings. The molecule has 0 atom stereocenters. The van der Waals surface area contributed by atoms with Gasteiger partial charge in [0.1, 0.15) is 0 Å². The Balaban J connectivity index is 2.88. The van der Waals surface area contributed by atoms with Gasteiger partial charge in [-0.3, -0.25) is 0 Å². The molecule has 0 spiro atoms. The van der Waals surface area contributed by atoms with Crippen LogP contribution in [0.2, 0.25) is 0 Å². The quantitative estimate of drug-likeness (QED) is 0.666. The third-order valence-electron chi connectivity index (χ3n) is 1.55. The second-order valence-electron chi connectivity index (χ2n) is 2.61. The van der Waals surface area contributed by atoms with Crippen molar-refractivity contribution in [1.29, 1.82) is 0 Å². The molecule has 0 aliphatic carbocycles. The van der Waals surface area contributed by atoms with Crippen molar-refractivity contribution in [2.24, 2.45) is 0 Å².